The maximum atomic E-state index is 13.3. The molecule has 1 aliphatic heterocycles. The van der Waals surface area contributed by atoms with E-state index in [1.165, 1.54) is 12.8 Å². The Morgan fingerprint density at radius 2 is 1.94 bits per heavy atom. The number of aliphatic imine (C=N–C) groups is 1. The lowest BCUT2D eigenvalue weighted by Crippen LogP contribution is -2.51. The highest BCUT2D eigenvalue weighted by Crippen LogP contribution is 2.39. The van der Waals surface area contributed by atoms with Gasteiger partial charge in [-0.15, -0.1) is 0 Å². The zero-order chi connectivity index (χ0) is 22.6. The smallest absolute Gasteiger partial charge is 0.395 e. The number of carbonyl (C=O) groups is 2. The molecule has 3 rings (SSSR count). The Morgan fingerprint density at radius 1 is 1.19 bits per heavy atom. The third-order valence-corrected chi connectivity index (χ3v) is 5.75. The van der Waals surface area contributed by atoms with Gasteiger partial charge in [-0.25, -0.2) is 9.79 Å². The first kappa shape index (κ1) is 22.9. The Kier molecular flexibility index (Phi) is 7.11. The molecule has 31 heavy (non-hydrogen) atoms. The normalized spacial score (nSPS) is 21.2. The molecular formula is C25H31NO5. The molecule has 166 valence electrons. The predicted octanol–water partition coefficient (Wildman–Crippen LogP) is 4.49. The second kappa shape index (κ2) is 9.60. The molecule has 1 aromatic carbocycles. The first-order chi connectivity index (χ1) is 14.8. The molecule has 0 amide bonds. The number of aliphatic hydroxyl groups is 1. The Labute approximate surface area is 183 Å². The summed E-state index contributed by atoms with van der Waals surface area (Å²) in [5.41, 5.74) is 2.14. The minimum absolute atomic E-state index is 0.0397. The molecule has 1 N–H and O–H groups in total. The Bertz CT molecular complexity index is 959. The summed E-state index contributed by atoms with van der Waals surface area (Å²) in [4.78, 5) is 30.1. The molecule has 0 bridgehead atoms. The molecule has 1 unspecified atom stereocenters. The van der Waals surface area contributed by atoms with Gasteiger partial charge in [0.15, 0.2) is 5.76 Å². The van der Waals surface area contributed by atoms with Crippen LogP contribution in [0.4, 0.5) is 0 Å². The standard InChI is InChI=1S/C25H31NO5/c1-5-6-7-8-9-11-26-23-24(29)31-25(4)21(30-23)15-18-14-19(16(2)3)17(10-12-27)13-20(18)22(25)28/h13-15,27H,2,5-12H2,1,3-4H3. The number of ether oxygens (including phenoxy) is 2. The number of esters is 1. The predicted molar refractivity (Wildman–Crippen MR) is 121 cm³/mol. The van der Waals surface area contributed by atoms with Crippen molar-refractivity contribution in [3.8, 4) is 0 Å². The average molecular weight is 426 g/mol. The number of fused-ring (bicyclic) bond motifs is 2. The number of ketones is 1. The summed E-state index contributed by atoms with van der Waals surface area (Å²) >= 11 is 0. The van der Waals surface area contributed by atoms with Gasteiger partial charge in [-0.3, -0.25) is 4.79 Å². The lowest BCUT2D eigenvalue weighted by Gasteiger charge is -2.37. The van der Waals surface area contributed by atoms with E-state index in [1.54, 1.807) is 19.1 Å². The molecule has 1 aliphatic carbocycles. The van der Waals surface area contributed by atoms with E-state index < -0.39 is 11.6 Å². The molecule has 6 nitrogen and oxygen atoms in total. The number of aliphatic hydroxyl groups excluding tert-OH is 1. The molecule has 6 heteroatoms. The molecule has 1 saturated heterocycles. The van der Waals surface area contributed by atoms with Gasteiger partial charge in [-0.1, -0.05) is 44.8 Å². The van der Waals surface area contributed by atoms with Crippen molar-refractivity contribution in [1.82, 2.24) is 0 Å². The van der Waals surface area contributed by atoms with Crippen molar-refractivity contribution in [3.05, 3.63) is 46.7 Å². The zero-order valence-electron chi connectivity index (χ0n) is 18.6. The highest BCUT2D eigenvalue weighted by atomic mass is 16.6. The fourth-order valence-corrected chi connectivity index (χ4v) is 3.94. The number of hydrogen-bond acceptors (Lipinski definition) is 6. The van der Waals surface area contributed by atoms with Crippen LogP contribution in [0.15, 0.2) is 29.5 Å². The number of allylic oxidation sites excluding steroid dienone is 1. The van der Waals surface area contributed by atoms with Gasteiger partial charge < -0.3 is 14.6 Å². The fourth-order valence-electron chi connectivity index (χ4n) is 3.94. The SMILES string of the molecule is C=C(C)c1cc2c(cc1CCO)C(=O)C1(C)OC(=O)C(=NCCCCCCC)OC1=C2. The average Bonchev–Trinajstić information content (AvgIpc) is 2.72. The molecular weight excluding hydrogens is 394 g/mol. The number of rotatable bonds is 9. The highest BCUT2D eigenvalue weighted by molar-refractivity contribution is 6.35. The summed E-state index contributed by atoms with van der Waals surface area (Å²) in [6.07, 6.45) is 7.55. The number of nitrogens with zero attached hydrogens (tertiary/aromatic N) is 1. The molecule has 1 aromatic rings. The molecule has 1 fully saturated rings. The minimum atomic E-state index is -1.52. The lowest BCUT2D eigenvalue weighted by atomic mass is 9.81. The monoisotopic (exact) mass is 425 g/mol. The van der Waals surface area contributed by atoms with E-state index in [0.717, 1.165) is 36.0 Å². The van der Waals surface area contributed by atoms with Crippen LogP contribution in [0.25, 0.3) is 11.6 Å². The minimum Gasteiger partial charge on any atom is -0.436 e. The third-order valence-electron chi connectivity index (χ3n) is 5.75. The van der Waals surface area contributed by atoms with Crippen LogP contribution in [0.2, 0.25) is 0 Å². The van der Waals surface area contributed by atoms with E-state index in [1.807, 2.05) is 13.0 Å². The molecule has 0 aromatic heterocycles. The summed E-state index contributed by atoms with van der Waals surface area (Å²) in [7, 11) is 0. The van der Waals surface area contributed by atoms with Crippen molar-refractivity contribution < 1.29 is 24.2 Å². The van der Waals surface area contributed by atoms with Gasteiger partial charge in [0, 0.05) is 18.7 Å². The van der Waals surface area contributed by atoms with Crippen molar-refractivity contribution in [2.75, 3.05) is 13.2 Å². The number of unbranched alkanes of at least 4 members (excludes halogenated alkanes) is 4. The Balaban J connectivity index is 1.90. The number of carbonyl (C=O) groups excluding carboxylic acids is 2. The molecule has 1 heterocycles. The lowest BCUT2D eigenvalue weighted by molar-refractivity contribution is -0.150. The highest BCUT2D eigenvalue weighted by Gasteiger charge is 2.51. The van der Waals surface area contributed by atoms with Gasteiger partial charge in [-0.2, -0.15) is 0 Å². The fraction of sp³-hybridized carbons (Fsp3) is 0.480. The summed E-state index contributed by atoms with van der Waals surface area (Å²) in [5.74, 6) is -0.914. The largest absolute Gasteiger partial charge is 0.436 e. The molecule has 1 atom stereocenters. The van der Waals surface area contributed by atoms with Crippen molar-refractivity contribution in [1.29, 1.82) is 0 Å². The van der Waals surface area contributed by atoms with E-state index in [-0.39, 0.29) is 24.0 Å². The van der Waals surface area contributed by atoms with Gasteiger partial charge in [0.05, 0.1) is 0 Å². The topological polar surface area (TPSA) is 85.2 Å². The second-order valence-corrected chi connectivity index (χ2v) is 8.31. The van der Waals surface area contributed by atoms with Crippen LogP contribution in [-0.4, -0.2) is 41.5 Å². The first-order valence-electron chi connectivity index (χ1n) is 11.0. The maximum Gasteiger partial charge on any atom is 0.395 e. The van der Waals surface area contributed by atoms with Crippen molar-refractivity contribution in [3.63, 3.8) is 0 Å². The van der Waals surface area contributed by atoms with Crippen molar-refractivity contribution >= 4 is 29.3 Å². The molecule has 2 aliphatic rings. The quantitative estimate of drug-likeness (QED) is 0.465. The van der Waals surface area contributed by atoms with E-state index >= 15 is 0 Å². The van der Waals surface area contributed by atoms with Gasteiger partial charge in [0.1, 0.15) is 0 Å². The van der Waals surface area contributed by atoms with Crippen molar-refractivity contribution in [2.24, 2.45) is 4.99 Å². The summed E-state index contributed by atoms with van der Waals surface area (Å²) in [5, 5.41) is 9.40. The van der Waals surface area contributed by atoms with E-state index in [0.29, 0.717) is 24.1 Å². The van der Waals surface area contributed by atoms with E-state index in [2.05, 4.69) is 18.5 Å². The third kappa shape index (κ3) is 4.64. The van der Waals surface area contributed by atoms with Crippen LogP contribution in [0, 0.1) is 0 Å². The van der Waals surface area contributed by atoms with Gasteiger partial charge >= 0.3 is 11.9 Å². The van der Waals surface area contributed by atoms with Crippen LogP contribution < -0.4 is 0 Å². The Hall–Kier alpha value is -2.73. The van der Waals surface area contributed by atoms with Crippen LogP contribution in [0.3, 0.4) is 0 Å². The molecule has 0 radical (unpaired) electrons. The van der Waals surface area contributed by atoms with Gasteiger partial charge in [0.2, 0.25) is 11.4 Å². The second-order valence-electron chi connectivity index (χ2n) is 8.31. The van der Waals surface area contributed by atoms with Crippen LogP contribution in [-0.2, 0) is 20.7 Å². The summed E-state index contributed by atoms with van der Waals surface area (Å²) in [6.45, 7) is 10.0. The van der Waals surface area contributed by atoms with Crippen LogP contribution in [0.1, 0.15) is 79.9 Å². The molecule has 0 spiro atoms. The summed E-state index contributed by atoms with van der Waals surface area (Å²) in [6, 6.07) is 3.63. The van der Waals surface area contributed by atoms with Crippen LogP contribution in [0.5, 0.6) is 0 Å². The van der Waals surface area contributed by atoms with Crippen molar-refractivity contribution in [2.45, 2.75) is 64.9 Å². The number of Topliss-reactive ketones (excluding diaryl/α,β-unsaturated/α-hetero) is 1. The zero-order valence-corrected chi connectivity index (χ0v) is 18.6. The van der Waals surface area contributed by atoms with Gasteiger partial charge in [0.25, 0.3) is 0 Å². The molecule has 0 saturated carbocycles. The first-order valence-corrected chi connectivity index (χ1v) is 11.0. The van der Waals surface area contributed by atoms with E-state index in [4.69, 9.17) is 9.47 Å². The maximum absolute atomic E-state index is 13.3. The number of benzene rings is 1. The van der Waals surface area contributed by atoms with E-state index in [9.17, 15) is 14.7 Å². The number of hydrogen-bond donors (Lipinski definition) is 1. The van der Waals surface area contributed by atoms with Gasteiger partial charge in [-0.05, 0) is 61.6 Å². The summed E-state index contributed by atoms with van der Waals surface area (Å²) < 4.78 is 11.3. The van der Waals surface area contributed by atoms with Crippen LogP contribution >= 0.6 is 0 Å². The Morgan fingerprint density at radius 3 is 2.61 bits per heavy atom.